The molecule has 3 heteroatoms. The monoisotopic (exact) mass is 352 g/mol. The third-order valence-electron chi connectivity index (χ3n) is 4.81. The van der Waals surface area contributed by atoms with E-state index in [0.29, 0.717) is 11.5 Å². The van der Waals surface area contributed by atoms with Gasteiger partial charge in [0.15, 0.2) is 0 Å². The molecule has 2 rings (SSSR count). The second-order valence-corrected chi connectivity index (χ2v) is 8.06. The largest absolute Gasteiger partial charge is 0.313 e. The molecule has 0 saturated heterocycles. The highest BCUT2D eigenvalue weighted by molar-refractivity contribution is 9.10. The average molecular weight is 353 g/mol. The van der Waals surface area contributed by atoms with Crippen LogP contribution in [0.1, 0.15) is 39.2 Å². The molecule has 118 valence electrons. The first kappa shape index (κ1) is 17.0. The van der Waals surface area contributed by atoms with Crippen molar-refractivity contribution in [2.75, 3.05) is 20.1 Å². The summed E-state index contributed by atoms with van der Waals surface area (Å²) < 4.78 is 1.15. The van der Waals surface area contributed by atoms with Gasteiger partial charge in [0, 0.05) is 23.6 Å². The first-order valence-corrected chi connectivity index (χ1v) is 8.88. The molecule has 0 radical (unpaired) electrons. The van der Waals surface area contributed by atoms with Gasteiger partial charge in [0.05, 0.1) is 0 Å². The van der Waals surface area contributed by atoms with Crippen LogP contribution in [0.25, 0.3) is 0 Å². The molecule has 0 aliphatic heterocycles. The number of rotatable bonds is 6. The van der Waals surface area contributed by atoms with Crippen LogP contribution in [0.2, 0.25) is 0 Å². The Morgan fingerprint density at radius 1 is 1.29 bits per heavy atom. The number of nitrogens with one attached hydrogen (secondary N) is 1. The van der Waals surface area contributed by atoms with E-state index >= 15 is 0 Å². The Bertz CT molecular complexity index is 441. The van der Waals surface area contributed by atoms with Gasteiger partial charge in [-0.05, 0) is 55.5 Å². The van der Waals surface area contributed by atoms with Crippen molar-refractivity contribution in [2.45, 2.75) is 46.2 Å². The average Bonchev–Trinajstić information content (AvgIpc) is 2.69. The van der Waals surface area contributed by atoms with E-state index in [1.54, 1.807) is 0 Å². The topological polar surface area (TPSA) is 15.3 Å². The van der Waals surface area contributed by atoms with Crippen LogP contribution in [0.15, 0.2) is 28.7 Å². The van der Waals surface area contributed by atoms with Gasteiger partial charge < -0.3 is 10.2 Å². The number of hydrogen-bond acceptors (Lipinski definition) is 2. The lowest BCUT2D eigenvalue weighted by atomic mass is 9.84. The highest BCUT2D eigenvalue weighted by Crippen LogP contribution is 2.41. The van der Waals surface area contributed by atoms with Crippen molar-refractivity contribution in [1.82, 2.24) is 10.2 Å². The quantitative estimate of drug-likeness (QED) is 0.821. The van der Waals surface area contributed by atoms with Gasteiger partial charge in [-0.2, -0.15) is 0 Å². The lowest BCUT2D eigenvalue weighted by Gasteiger charge is -2.33. The Kier molecular flexibility index (Phi) is 5.87. The van der Waals surface area contributed by atoms with Crippen LogP contribution >= 0.6 is 15.9 Å². The fourth-order valence-electron chi connectivity index (χ4n) is 3.74. The molecule has 0 heterocycles. The van der Waals surface area contributed by atoms with Crippen LogP contribution in [0, 0.1) is 11.3 Å². The summed E-state index contributed by atoms with van der Waals surface area (Å²) in [6.07, 6.45) is 2.68. The molecule has 21 heavy (non-hydrogen) atoms. The van der Waals surface area contributed by atoms with Gasteiger partial charge in [0.25, 0.3) is 0 Å². The molecular formula is C18H29BrN2. The van der Waals surface area contributed by atoms with Gasteiger partial charge in [0.2, 0.25) is 0 Å². The van der Waals surface area contributed by atoms with Crippen LogP contribution < -0.4 is 5.32 Å². The van der Waals surface area contributed by atoms with Crippen LogP contribution in [-0.4, -0.2) is 31.1 Å². The van der Waals surface area contributed by atoms with E-state index in [4.69, 9.17) is 0 Å². The molecule has 0 aromatic heterocycles. The van der Waals surface area contributed by atoms with Crippen molar-refractivity contribution in [3.05, 3.63) is 34.3 Å². The van der Waals surface area contributed by atoms with E-state index in [2.05, 4.69) is 78.2 Å². The third kappa shape index (κ3) is 4.54. The second kappa shape index (κ2) is 7.26. The first-order chi connectivity index (χ1) is 9.92. The van der Waals surface area contributed by atoms with Gasteiger partial charge >= 0.3 is 0 Å². The zero-order valence-corrected chi connectivity index (χ0v) is 15.4. The molecule has 1 aromatic carbocycles. The number of hydrogen-bond donors (Lipinski definition) is 1. The van der Waals surface area contributed by atoms with Crippen LogP contribution in [0.4, 0.5) is 0 Å². The Labute approximate surface area is 138 Å². The van der Waals surface area contributed by atoms with E-state index in [1.165, 1.54) is 24.9 Å². The summed E-state index contributed by atoms with van der Waals surface area (Å²) >= 11 is 3.50. The zero-order valence-electron chi connectivity index (χ0n) is 13.8. The standard InChI is InChI=1S/C18H29BrN2/c1-5-20-17-15(10-11-18(17,2)3)13-21(4)12-14-6-8-16(19)9-7-14/h6-9,15,17,20H,5,10-13H2,1-4H3. The molecule has 0 bridgehead atoms. The van der Waals surface area contributed by atoms with E-state index in [0.717, 1.165) is 23.5 Å². The summed E-state index contributed by atoms with van der Waals surface area (Å²) in [6.45, 7) is 10.3. The summed E-state index contributed by atoms with van der Waals surface area (Å²) in [7, 11) is 2.25. The van der Waals surface area contributed by atoms with Crippen molar-refractivity contribution in [1.29, 1.82) is 0 Å². The summed E-state index contributed by atoms with van der Waals surface area (Å²) in [6, 6.07) is 9.32. The van der Waals surface area contributed by atoms with Gasteiger partial charge in [-0.25, -0.2) is 0 Å². The predicted octanol–water partition coefficient (Wildman–Crippen LogP) is 4.30. The summed E-state index contributed by atoms with van der Waals surface area (Å²) in [5.41, 5.74) is 1.82. The Hall–Kier alpha value is -0.380. The van der Waals surface area contributed by atoms with Crippen LogP contribution in [-0.2, 0) is 6.54 Å². The van der Waals surface area contributed by atoms with E-state index in [-0.39, 0.29) is 0 Å². The van der Waals surface area contributed by atoms with Crippen LogP contribution in [0.5, 0.6) is 0 Å². The molecule has 1 saturated carbocycles. The molecule has 1 aromatic rings. The minimum atomic E-state index is 0.430. The summed E-state index contributed by atoms with van der Waals surface area (Å²) in [5, 5.41) is 3.73. The molecular weight excluding hydrogens is 324 g/mol. The van der Waals surface area contributed by atoms with Crippen molar-refractivity contribution < 1.29 is 0 Å². The van der Waals surface area contributed by atoms with E-state index in [9.17, 15) is 0 Å². The number of benzene rings is 1. The molecule has 0 amide bonds. The van der Waals surface area contributed by atoms with E-state index < -0.39 is 0 Å². The minimum absolute atomic E-state index is 0.430. The molecule has 2 unspecified atom stereocenters. The molecule has 1 aliphatic rings. The lowest BCUT2D eigenvalue weighted by Crippen LogP contribution is -2.45. The fourth-order valence-corrected chi connectivity index (χ4v) is 4.01. The Morgan fingerprint density at radius 2 is 1.95 bits per heavy atom. The minimum Gasteiger partial charge on any atom is -0.313 e. The summed E-state index contributed by atoms with van der Waals surface area (Å²) in [4.78, 5) is 2.47. The normalized spacial score (nSPS) is 24.7. The van der Waals surface area contributed by atoms with E-state index in [1.807, 2.05) is 0 Å². The van der Waals surface area contributed by atoms with Gasteiger partial charge in [-0.1, -0.05) is 48.8 Å². The van der Waals surface area contributed by atoms with Gasteiger partial charge in [0.1, 0.15) is 0 Å². The van der Waals surface area contributed by atoms with Crippen molar-refractivity contribution >= 4 is 15.9 Å². The van der Waals surface area contributed by atoms with Crippen molar-refractivity contribution in [3.63, 3.8) is 0 Å². The number of nitrogens with zero attached hydrogens (tertiary/aromatic N) is 1. The number of halogens is 1. The fraction of sp³-hybridized carbons (Fsp3) is 0.667. The molecule has 2 nitrogen and oxygen atoms in total. The molecule has 1 aliphatic carbocycles. The highest BCUT2D eigenvalue weighted by Gasteiger charge is 2.41. The third-order valence-corrected chi connectivity index (χ3v) is 5.34. The Morgan fingerprint density at radius 3 is 2.57 bits per heavy atom. The predicted molar refractivity (Wildman–Crippen MR) is 94.4 cm³/mol. The smallest absolute Gasteiger partial charge is 0.0230 e. The lowest BCUT2D eigenvalue weighted by molar-refractivity contribution is 0.202. The van der Waals surface area contributed by atoms with Crippen molar-refractivity contribution in [3.8, 4) is 0 Å². The second-order valence-electron chi connectivity index (χ2n) is 7.15. The SMILES string of the molecule is CCNC1C(CN(C)Cc2ccc(Br)cc2)CCC1(C)C. The molecule has 1 fully saturated rings. The first-order valence-electron chi connectivity index (χ1n) is 8.08. The molecule has 0 spiro atoms. The Balaban J connectivity index is 1.92. The maximum absolute atomic E-state index is 3.73. The highest BCUT2D eigenvalue weighted by atomic mass is 79.9. The molecule has 1 N–H and O–H groups in total. The van der Waals surface area contributed by atoms with Gasteiger partial charge in [-0.3, -0.25) is 0 Å². The zero-order chi connectivity index (χ0) is 15.5. The maximum atomic E-state index is 3.73. The van der Waals surface area contributed by atoms with Gasteiger partial charge in [-0.15, -0.1) is 0 Å². The molecule has 2 atom stereocenters. The maximum Gasteiger partial charge on any atom is 0.0230 e. The van der Waals surface area contributed by atoms with Crippen molar-refractivity contribution in [2.24, 2.45) is 11.3 Å². The summed E-state index contributed by atoms with van der Waals surface area (Å²) in [5.74, 6) is 0.764. The van der Waals surface area contributed by atoms with Crippen LogP contribution in [0.3, 0.4) is 0 Å².